The highest BCUT2D eigenvalue weighted by molar-refractivity contribution is 5.89. The third-order valence-electron chi connectivity index (χ3n) is 2.38. The molecule has 0 aliphatic rings. The molecule has 1 N–H and O–H groups in total. The van der Waals surface area contributed by atoms with Gasteiger partial charge in [0.1, 0.15) is 0 Å². The summed E-state index contributed by atoms with van der Waals surface area (Å²) in [6, 6.07) is 8.62. The zero-order chi connectivity index (χ0) is 11.5. The minimum absolute atomic E-state index is 0.417. The molecule has 0 fully saturated rings. The highest BCUT2D eigenvalue weighted by atomic mass is 16.5. The summed E-state index contributed by atoms with van der Waals surface area (Å²) in [6.45, 7) is 4.23. The van der Waals surface area contributed by atoms with Gasteiger partial charge in [-0.15, -0.1) is 0 Å². The van der Waals surface area contributed by atoms with Crippen molar-refractivity contribution in [1.82, 2.24) is 4.98 Å². The highest BCUT2D eigenvalue weighted by Gasteiger charge is 2.03. The van der Waals surface area contributed by atoms with Crippen LogP contribution in [0.4, 0.5) is 5.69 Å². The second-order valence-corrected chi connectivity index (χ2v) is 4.06. The van der Waals surface area contributed by atoms with Crippen LogP contribution < -0.4 is 10.1 Å². The van der Waals surface area contributed by atoms with Crippen molar-refractivity contribution < 1.29 is 4.74 Å². The van der Waals surface area contributed by atoms with E-state index in [2.05, 4.69) is 42.3 Å². The number of pyridine rings is 1. The number of ether oxygens (including phenoxy) is 1. The van der Waals surface area contributed by atoms with Gasteiger partial charge in [0.15, 0.2) is 0 Å². The Kier molecular flexibility index (Phi) is 2.95. The van der Waals surface area contributed by atoms with E-state index in [9.17, 15) is 0 Å². The first-order chi connectivity index (χ1) is 7.70. The molecule has 2 aromatic rings. The first-order valence-electron chi connectivity index (χ1n) is 5.40. The van der Waals surface area contributed by atoms with E-state index in [-0.39, 0.29) is 0 Å². The van der Waals surface area contributed by atoms with Crippen LogP contribution >= 0.6 is 0 Å². The standard InChI is InChI=1S/C13H16N2O/c1-9(2)15-11-5-4-10-6-7-14-13(16-3)12(10)8-11/h4-9,15H,1-3H3. The molecule has 84 valence electrons. The molecule has 3 heteroatoms. The van der Waals surface area contributed by atoms with Crippen LogP contribution in [0, 0.1) is 0 Å². The van der Waals surface area contributed by atoms with Gasteiger partial charge in [-0.2, -0.15) is 0 Å². The number of methoxy groups -OCH3 is 1. The Morgan fingerprint density at radius 1 is 1.25 bits per heavy atom. The molecular weight excluding hydrogens is 200 g/mol. The van der Waals surface area contributed by atoms with Crippen LogP contribution in [-0.4, -0.2) is 18.1 Å². The molecule has 1 aromatic carbocycles. The van der Waals surface area contributed by atoms with Gasteiger partial charge in [-0.25, -0.2) is 4.98 Å². The predicted molar refractivity (Wildman–Crippen MR) is 67.1 cm³/mol. The zero-order valence-corrected chi connectivity index (χ0v) is 9.82. The molecule has 1 heterocycles. The van der Waals surface area contributed by atoms with Crippen LogP contribution in [0.25, 0.3) is 10.8 Å². The van der Waals surface area contributed by atoms with Gasteiger partial charge in [-0.1, -0.05) is 6.07 Å². The third kappa shape index (κ3) is 2.08. The van der Waals surface area contributed by atoms with Gasteiger partial charge in [0.05, 0.1) is 7.11 Å². The van der Waals surface area contributed by atoms with E-state index < -0.39 is 0 Å². The summed E-state index contributed by atoms with van der Waals surface area (Å²) in [5.41, 5.74) is 1.09. The van der Waals surface area contributed by atoms with Crippen LogP contribution in [0.1, 0.15) is 13.8 Å². The van der Waals surface area contributed by atoms with E-state index >= 15 is 0 Å². The van der Waals surface area contributed by atoms with Crippen molar-refractivity contribution in [2.45, 2.75) is 19.9 Å². The van der Waals surface area contributed by atoms with Crippen molar-refractivity contribution in [3.05, 3.63) is 30.5 Å². The fraction of sp³-hybridized carbons (Fsp3) is 0.308. The molecule has 1 aromatic heterocycles. The van der Waals surface area contributed by atoms with Crippen molar-refractivity contribution in [2.24, 2.45) is 0 Å². The Hall–Kier alpha value is -1.77. The van der Waals surface area contributed by atoms with Gasteiger partial charge in [0.25, 0.3) is 0 Å². The number of nitrogens with one attached hydrogen (secondary N) is 1. The lowest BCUT2D eigenvalue weighted by atomic mass is 10.1. The molecule has 0 saturated carbocycles. The van der Waals surface area contributed by atoms with Crippen molar-refractivity contribution >= 4 is 16.5 Å². The van der Waals surface area contributed by atoms with Crippen LogP contribution in [0.2, 0.25) is 0 Å². The lowest BCUT2D eigenvalue weighted by molar-refractivity contribution is 0.403. The van der Waals surface area contributed by atoms with Gasteiger partial charge < -0.3 is 10.1 Å². The lowest BCUT2D eigenvalue weighted by Gasteiger charge is -2.11. The smallest absolute Gasteiger partial charge is 0.221 e. The molecule has 0 bridgehead atoms. The van der Waals surface area contributed by atoms with Crippen LogP contribution in [-0.2, 0) is 0 Å². The zero-order valence-electron chi connectivity index (χ0n) is 9.82. The Balaban J connectivity index is 2.50. The Bertz CT molecular complexity index is 494. The number of benzene rings is 1. The maximum Gasteiger partial charge on any atom is 0.221 e. The van der Waals surface area contributed by atoms with Crippen molar-refractivity contribution in [3.63, 3.8) is 0 Å². The van der Waals surface area contributed by atoms with Gasteiger partial charge in [-0.3, -0.25) is 0 Å². The topological polar surface area (TPSA) is 34.1 Å². The number of hydrogen-bond acceptors (Lipinski definition) is 3. The number of aromatic nitrogens is 1. The summed E-state index contributed by atoms with van der Waals surface area (Å²) in [5.74, 6) is 0.671. The van der Waals surface area contributed by atoms with E-state index in [1.807, 2.05) is 6.07 Å². The fourth-order valence-electron chi connectivity index (χ4n) is 1.73. The number of fused-ring (bicyclic) bond motifs is 1. The maximum absolute atomic E-state index is 5.25. The van der Waals surface area contributed by atoms with Gasteiger partial charge in [0, 0.05) is 23.3 Å². The summed E-state index contributed by atoms with van der Waals surface area (Å²) in [5, 5.41) is 5.54. The van der Waals surface area contributed by atoms with Gasteiger partial charge in [0.2, 0.25) is 5.88 Å². The fourth-order valence-corrected chi connectivity index (χ4v) is 1.73. The SMILES string of the molecule is COc1nccc2ccc(NC(C)C)cc12. The van der Waals surface area contributed by atoms with Crippen molar-refractivity contribution in [2.75, 3.05) is 12.4 Å². The first-order valence-corrected chi connectivity index (χ1v) is 5.40. The Labute approximate surface area is 95.5 Å². The normalized spacial score (nSPS) is 10.8. The lowest BCUT2D eigenvalue weighted by Crippen LogP contribution is -2.09. The molecule has 2 rings (SSSR count). The van der Waals surface area contributed by atoms with Crippen LogP contribution in [0.15, 0.2) is 30.5 Å². The van der Waals surface area contributed by atoms with Crippen molar-refractivity contribution in [3.8, 4) is 5.88 Å². The second-order valence-electron chi connectivity index (χ2n) is 4.06. The third-order valence-corrected chi connectivity index (χ3v) is 2.38. The largest absolute Gasteiger partial charge is 0.481 e. The van der Waals surface area contributed by atoms with Crippen LogP contribution in [0.3, 0.4) is 0 Å². The molecular formula is C13H16N2O. The molecule has 0 aliphatic carbocycles. The average molecular weight is 216 g/mol. The van der Waals surface area contributed by atoms with E-state index in [0.29, 0.717) is 11.9 Å². The Morgan fingerprint density at radius 2 is 2.06 bits per heavy atom. The van der Waals surface area contributed by atoms with Crippen LogP contribution in [0.5, 0.6) is 5.88 Å². The Morgan fingerprint density at radius 3 is 2.75 bits per heavy atom. The molecule has 3 nitrogen and oxygen atoms in total. The highest BCUT2D eigenvalue weighted by Crippen LogP contribution is 2.26. The number of rotatable bonds is 3. The molecule has 0 unspecified atom stereocenters. The molecule has 0 atom stereocenters. The number of hydrogen-bond donors (Lipinski definition) is 1. The van der Waals surface area contributed by atoms with E-state index in [1.54, 1.807) is 13.3 Å². The van der Waals surface area contributed by atoms with Gasteiger partial charge in [-0.05, 0) is 37.4 Å². The average Bonchev–Trinajstić information content (AvgIpc) is 2.27. The summed E-state index contributed by atoms with van der Waals surface area (Å²) in [6.07, 6.45) is 1.76. The summed E-state index contributed by atoms with van der Waals surface area (Å²) in [4.78, 5) is 4.20. The molecule has 0 aliphatic heterocycles. The number of anilines is 1. The quantitative estimate of drug-likeness (QED) is 0.856. The maximum atomic E-state index is 5.25. The minimum Gasteiger partial charge on any atom is -0.481 e. The van der Waals surface area contributed by atoms with E-state index in [4.69, 9.17) is 4.74 Å². The monoisotopic (exact) mass is 216 g/mol. The minimum atomic E-state index is 0.417. The molecule has 0 spiro atoms. The number of nitrogens with zero attached hydrogens (tertiary/aromatic N) is 1. The summed E-state index contributed by atoms with van der Waals surface area (Å²) >= 11 is 0. The first kappa shape index (κ1) is 10.7. The molecule has 0 amide bonds. The summed E-state index contributed by atoms with van der Waals surface area (Å²) in [7, 11) is 1.64. The van der Waals surface area contributed by atoms with Crippen molar-refractivity contribution in [1.29, 1.82) is 0 Å². The predicted octanol–water partition coefficient (Wildman–Crippen LogP) is 3.06. The molecule has 16 heavy (non-hydrogen) atoms. The molecule has 0 radical (unpaired) electrons. The molecule has 0 saturated heterocycles. The summed E-state index contributed by atoms with van der Waals surface area (Å²) < 4.78 is 5.25. The van der Waals surface area contributed by atoms with E-state index in [1.165, 1.54) is 0 Å². The van der Waals surface area contributed by atoms with Gasteiger partial charge >= 0.3 is 0 Å². The van der Waals surface area contributed by atoms with E-state index in [0.717, 1.165) is 16.5 Å². The second kappa shape index (κ2) is 4.39.